The fourth-order valence-corrected chi connectivity index (χ4v) is 2.59. The fourth-order valence-electron chi connectivity index (χ4n) is 2.59. The van der Waals surface area contributed by atoms with Gasteiger partial charge in [-0.3, -0.25) is 9.59 Å². The Morgan fingerprint density at radius 2 is 1.57 bits per heavy atom. The van der Waals surface area contributed by atoms with Crippen LogP contribution in [0.5, 0.6) is 0 Å². The molecule has 0 saturated carbocycles. The number of hydrogen-bond donors (Lipinski definition) is 2. The second-order valence-electron chi connectivity index (χ2n) is 5.61. The maximum atomic E-state index is 12.5. The summed E-state index contributed by atoms with van der Waals surface area (Å²) in [7, 11) is 0. The number of carbonyl (C=O) groups excluding carboxylic acids is 1. The Labute approximate surface area is 136 Å². The first-order chi connectivity index (χ1) is 11.1. The third-order valence-electron chi connectivity index (χ3n) is 3.97. The van der Waals surface area contributed by atoms with Crippen LogP contribution in [-0.2, 0) is 16.1 Å². The van der Waals surface area contributed by atoms with Gasteiger partial charge in [0.15, 0.2) is 0 Å². The van der Waals surface area contributed by atoms with Crippen LogP contribution < -0.4 is 5.32 Å². The predicted octanol–water partition coefficient (Wildman–Crippen LogP) is 3.20. The van der Waals surface area contributed by atoms with Crippen LogP contribution >= 0.6 is 0 Å². The fraction of sp³-hybridized carbons (Fsp3) is 0.263. The maximum absolute atomic E-state index is 12.5. The lowest BCUT2D eigenvalue weighted by Crippen LogP contribution is -2.34. The van der Waals surface area contributed by atoms with Crippen LogP contribution in [0.25, 0.3) is 0 Å². The molecule has 4 nitrogen and oxygen atoms in total. The van der Waals surface area contributed by atoms with E-state index in [4.69, 9.17) is 5.11 Å². The summed E-state index contributed by atoms with van der Waals surface area (Å²) in [6.07, 6.45) is -0.184. The Morgan fingerprint density at radius 1 is 1.00 bits per heavy atom. The van der Waals surface area contributed by atoms with Gasteiger partial charge in [0.05, 0.1) is 12.3 Å². The number of rotatable bonds is 7. The Balaban J connectivity index is 2.07. The summed E-state index contributed by atoms with van der Waals surface area (Å²) < 4.78 is 0. The molecule has 0 aliphatic carbocycles. The van der Waals surface area contributed by atoms with E-state index in [1.807, 2.05) is 67.6 Å². The SMILES string of the molecule is C[C@@H](c1ccccc1)[C@@H](CC(=O)O)C(=O)NCc1ccccc1. The van der Waals surface area contributed by atoms with Crippen LogP contribution in [0.4, 0.5) is 0 Å². The van der Waals surface area contributed by atoms with Crippen LogP contribution in [0.15, 0.2) is 60.7 Å². The van der Waals surface area contributed by atoms with Gasteiger partial charge in [-0.15, -0.1) is 0 Å². The summed E-state index contributed by atoms with van der Waals surface area (Å²) in [5, 5.41) is 12.0. The van der Waals surface area contributed by atoms with E-state index in [2.05, 4.69) is 5.32 Å². The Kier molecular flexibility index (Phi) is 5.92. The zero-order chi connectivity index (χ0) is 16.7. The van der Waals surface area contributed by atoms with Crippen molar-refractivity contribution in [1.82, 2.24) is 5.32 Å². The molecule has 0 heterocycles. The molecule has 0 fully saturated rings. The molecule has 0 spiro atoms. The zero-order valence-electron chi connectivity index (χ0n) is 13.1. The highest BCUT2D eigenvalue weighted by Gasteiger charge is 2.28. The number of carboxylic acid groups (broad SMARTS) is 1. The quantitative estimate of drug-likeness (QED) is 0.825. The third kappa shape index (κ3) is 4.95. The molecule has 2 aromatic carbocycles. The number of aliphatic carboxylic acids is 1. The van der Waals surface area contributed by atoms with Gasteiger partial charge in [-0.05, 0) is 17.0 Å². The van der Waals surface area contributed by atoms with Crippen LogP contribution in [0.2, 0.25) is 0 Å². The second-order valence-corrected chi connectivity index (χ2v) is 5.61. The van der Waals surface area contributed by atoms with Crippen LogP contribution in [0.1, 0.15) is 30.4 Å². The van der Waals surface area contributed by atoms with Crippen molar-refractivity contribution in [2.24, 2.45) is 5.92 Å². The lowest BCUT2D eigenvalue weighted by molar-refractivity contribution is -0.141. The summed E-state index contributed by atoms with van der Waals surface area (Å²) in [6, 6.07) is 19.1. The summed E-state index contributed by atoms with van der Waals surface area (Å²) in [5.74, 6) is -1.96. The molecule has 0 unspecified atom stereocenters. The summed E-state index contributed by atoms with van der Waals surface area (Å²) in [6.45, 7) is 2.29. The van der Waals surface area contributed by atoms with Gasteiger partial charge in [-0.25, -0.2) is 0 Å². The topological polar surface area (TPSA) is 66.4 Å². The molecule has 1 amide bonds. The van der Waals surface area contributed by atoms with E-state index in [1.54, 1.807) is 0 Å². The minimum absolute atomic E-state index is 0.164. The summed E-state index contributed by atoms with van der Waals surface area (Å²) in [5.41, 5.74) is 1.95. The Morgan fingerprint density at radius 3 is 2.13 bits per heavy atom. The lowest BCUT2D eigenvalue weighted by Gasteiger charge is -2.22. The van der Waals surface area contributed by atoms with Gasteiger partial charge in [-0.2, -0.15) is 0 Å². The van der Waals surface area contributed by atoms with E-state index in [9.17, 15) is 9.59 Å². The maximum Gasteiger partial charge on any atom is 0.304 e. The lowest BCUT2D eigenvalue weighted by atomic mass is 9.84. The molecule has 23 heavy (non-hydrogen) atoms. The van der Waals surface area contributed by atoms with Crippen LogP contribution in [-0.4, -0.2) is 17.0 Å². The van der Waals surface area contributed by atoms with Gasteiger partial charge in [0, 0.05) is 6.54 Å². The van der Waals surface area contributed by atoms with Gasteiger partial charge in [0.2, 0.25) is 5.91 Å². The van der Waals surface area contributed by atoms with Crippen molar-refractivity contribution in [2.75, 3.05) is 0 Å². The number of carboxylic acids is 1. The molecular formula is C19H21NO3. The molecule has 0 bridgehead atoms. The third-order valence-corrected chi connectivity index (χ3v) is 3.97. The number of amides is 1. The van der Waals surface area contributed by atoms with Crippen molar-refractivity contribution in [2.45, 2.75) is 25.8 Å². The Hall–Kier alpha value is -2.62. The molecule has 2 rings (SSSR count). The molecule has 0 aromatic heterocycles. The summed E-state index contributed by atoms with van der Waals surface area (Å²) in [4.78, 5) is 23.6. The average molecular weight is 311 g/mol. The van der Waals surface area contributed by atoms with Crippen molar-refractivity contribution in [1.29, 1.82) is 0 Å². The number of hydrogen-bond acceptors (Lipinski definition) is 2. The Bertz CT molecular complexity index is 640. The van der Waals surface area contributed by atoms with E-state index in [1.165, 1.54) is 0 Å². The van der Waals surface area contributed by atoms with Crippen LogP contribution in [0, 0.1) is 5.92 Å². The van der Waals surface area contributed by atoms with E-state index in [0.29, 0.717) is 6.54 Å². The monoisotopic (exact) mass is 311 g/mol. The second kappa shape index (κ2) is 8.13. The first-order valence-corrected chi connectivity index (χ1v) is 7.66. The molecule has 4 heteroatoms. The van der Waals surface area contributed by atoms with E-state index >= 15 is 0 Å². The highest BCUT2D eigenvalue weighted by molar-refractivity contribution is 5.84. The largest absolute Gasteiger partial charge is 0.481 e. The van der Waals surface area contributed by atoms with E-state index in [0.717, 1.165) is 11.1 Å². The van der Waals surface area contributed by atoms with Gasteiger partial charge in [0.25, 0.3) is 0 Å². The predicted molar refractivity (Wildman–Crippen MR) is 88.9 cm³/mol. The van der Waals surface area contributed by atoms with Gasteiger partial charge < -0.3 is 10.4 Å². The van der Waals surface area contributed by atoms with Crippen molar-refractivity contribution >= 4 is 11.9 Å². The first-order valence-electron chi connectivity index (χ1n) is 7.66. The van der Waals surface area contributed by atoms with Crippen molar-refractivity contribution in [3.63, 3.8) is 0 Å². The van der Waals surface area contributed by atoms with Crippen molar-refractivity contribution < 1.29 is 14.7 Å². The highest BCUT2D eigenvalue weighted by Crippen LogP contribution is 2.27. The number of carbonyl (C=O) groups is 2. The van der Waals surface area contributed by atoms with Gasteiger partial charge in [-0.1, -0.05) is 67.6 Å². The zero-order valence-corrected chi connectivity index (χ0v) is 13.1. The smallest absolute Gasteiger partial charge is 0.304 e. The molecule has 2 N–H and O–H groups in total. The first kappa shape index (κ1) is 16.7. The highest BCUT2D eigenvalue weighted by atomic mass is 16.4. The summed E-state index contributed by atoms with van der Waals surface area (Å²) >= 11 is 0. The minimum atomic E-state index is -0.965. The molecule has 2 atom stereocenters. The molecule has 0 aliphatic rings. The normalized spacial score (nSPS) is 13.1. The number of benzene rings is 2. The molecule has 120 valence electrons. The number of nitrogens with one attached hydrogen (secondary N) is 1. The van der Waals surface area contributed by atoms with Crippen molar-refractivity contribution in [3.05, 3.63) is 71.8 Å². The van der Waals surface area contributed by atoms with Crippen LogP contribution in [0.3, 0.4) is 0 Å². The van der Waals surface area contributed by atoms with Gasteiger partial charge >= 0.3 is 5.97 Å². The molecule has 0 radical (unpaired) electrons. The molecule has 0 aliphatic heterocycles. The standard InChI is InChI=1S/C19H21NO3/c1-14(16-10-6-3-7-11-16)17(12-18(21)22)19(23)20-13-15-8-4-2-5-9-15/h2-11,14,17H,12-13H2,1H3,(H,20,23)(H,21,22)/t14-,17+/m0/s1. The van der Waals surface area contributed by atoms with Crippen molar-refractivity contribution in [3.8, 4) is 0 Å². The van der Waals surface area contributed by atoms with E-state index < -0.39 is 11.9 Å². The average Bonchev–Trinajstić information content (AvgIpc) is 2.58. The minimum Gasteiger partial charge on any atom is -0.481 e. The molecule has 0 saturated heterocycles. The molecule has 2 aromatic rings. The van der Waals surface area contributed by atoms with Gasteiger partial charge in [0.1, 0.15) is 0 Å². The van der Waals surface area contributed by atoms with E-state index in [-0.39, 0.29) is 18.2 Å². The molecular weight excluding hydrogens is 290 g/mol.